The van der Waals surface area contributed by atoms with E-state index in [0.29, 0.717) is 0 Å². The van der Waals surface area contributed by atoms with Crippen molar-refractivity contribution < 1.29 is 0 Å². The number of nitrogens with zero attached hydrogens (tertiary/aromatic N) is 1. The number of rotatable bonds is 6. The summed E-state index contributed by atoms with van der Waals surface area (Å²) < 4.78 is 0. The van der Waals surface area contributed by atoms with Gasteiger partial charge in [-0.1, -0.05) is 48.6 Å². The summed E-state index contributed by atoms with van der Waals surface area (Å²) in [6, 6.07) is 16.3. The molecule has 2 aromatic rings. The summed E-state index contributed by atoms with van der Waals surface area (Å²) in [5.41, 5.74) is 2.36. The molecule has 92 valence electrons. The highest BCUT2D eigenvalue weighted by atomic mass is 32.1. The van der Waals surface area contributed by atoms with Gasteiger partial charge in [0.2, 0.25) is 0 Å². The number of hydrogen-bond acceptors (Lipinski definition) is 2. The first kappa shape index (κ1) is 12.9. The van der Waals surface area contributed by atoms with Crippen LogP contribution in [0.25, 0.3) is 0 Å². The SMILES string of the molecule is S=C(CCCCc1ccccn1)c1ccccc1. The second kappa shape index (κ2) is 7.02. The van der Waals surface area contributed by atoms with E-state index >= 15 is 0 Å². The Balaban J connectivity index is 1.72. The summed E-state index contributed by atoms with van der Waals surface area (Å²) in [4.78, 5) is 5.39. The lowest BCUT2D eigenvalue weighted by molar-refractivity contribution is 0.750. The lowest BCUT2D eigenvalue weighted by atomic mass is 10.1. The third-order valence-corrected chi connectivity index (χ3v) is 3.35. The summed E-state index contributed by atoms with van der Waals surface area (Å²) in [6.07, 6.45) is 6.16. The molecule has 2 heteroatoms. The van der Waals surface area contributed by atoms with Crippen molar-refractivity contribution in [1.82, 2.24) is 4.98 Å². The zero-order valence-corrected chi connectivity index (χ0v) is 11.2. The number of unbranched alkanes of at least 4 members (excludes halogenated alkanes) is 1. The molecule has 1 nitrogen and oxygen atoms in total. The topological polar surface area (TPSA) is 12.9 Å². The number of benzene rings is 1. The molecule has 0 aliphatic heterocycles. The quantitative estimate of drug-likeness (QED) is 0.435. The van der Waals surface area contributed by atoms with Crippen molar-refractivity contribution in [2.75, 3.05) is 0 Å². The molecule has 1 heterocycles. The van der Waals surface area contributed by atoms with Crippen LogP contribution < -0.4 is 0 Å². The molecule has 0 atom stereocenters. The number of pyridine rings is 1. The highest BCUT2D eigenvalue weighted by Crippen LogP contribution is 2.10. The van der Waals surface area contributed by atoms with Gasteiger partial charge in [0.05, 0.1) is 0 Å². The molecule has 1 aromatic heterocycles. The van der Waals surface area contributed by atoms with E-state index < -0.39 is 0 Å². The smallest absolute Gasteiger partial charge is 0.0403 e. The maximum Gasteiger partial charge on any atom is 0.0403 e. The lowest BCUT2D eigenvalue weighted by Crippen LogP contribution is -1.97. The third-order valence-electron chi connectivity index (χ3n) is 2.91. The third kappa shape index (κ3) is 4.04. The number of hydrogen-bond donors (Lipinski definition) is 0. The largest absolute Gasteiger partial charge is 0.261 e. The Labute approximate surface area is 114 Å². The second-order valence-corrected chi connectivity index (χ2v) is 4.81. The molecular weight excluding hydrogens is 238 g/mol. The van der Waals surface area contributed by atoms with Crippen LogP contribution in [0, 0.1) is 0 Å². The molecule has 0 amide bonds. The molecule has 18 heavy (non-hydrogen) atoms. The van der Waals surface area contributed by atoms with Gasteiger partial charge in [-0.15, -0.1) is 0 Å². The predicted molar refractivity (Wildman–Crippen MR) is 79.9 cm³/mol. The average molecular weight is 255 g/mol. The van der Waals surface area contributed by atoms with Gasteiger partial charge in [-0.2, -0.15) is 0 Å². The van der Waals surface area contributed by atoms with Gasteiger partial charge in [-0.05, 0) is 43.4 Å². The molecule has 0 radical (unpaired) electrons. The number of thiocarbonyl (C=S) groups is 1. The zero-order chi connectivity index (χ0) is 12.6. The highest BCUT2D eigenvalue weighted by Gasteiger charge is 2.00. The number of aryl methyl sites for hydroxylation is 1. The molecule has 0 saturated carbocycles. The van der Waals surface area contributed by atoms with Gasteiger partial charge in [0.25, 0.3) is 0 Å². The summed E-state index contributed by atoms with van der Waals surface area (Å²) in [7, 11) is 0. The molecule has 0 bridgehead atoms. The summed E-state index contributed by atoms with van der Waals surface area (Å²) in [5.74, 6) is 0. The zero-order valence-electron chi connectivity index (χ0n) is 10.4. The molecule has 0 saturated heterocycles. The van der Waals surface area contributed by atoms with Crippen LogP contribution in [0.15, 0.2) is 54.7 Å². The van der Waals surface area contributed by atoms with Gasteiger partial charge in [0, 0.05) is 16.8 Å². The van der Waals surface area contributed by atoms with E-state index in [1.807, 2.05) is 36.5 Å². The molecule has 0 aliphatic rings. The van der Waals surface area contributed by atoms with Gasteiger partial charge in [-0.25, -0.2) is 0 Å². The fourth-order valence-corrected chi connectivity index (χ4v) is 2.19. The normalized spacial score (nSPS) is 10.2. The molecule has 0 aliphatic carbocycles. The van der Waals surface area contributed by atoms with Crippen molar-refractivity contribution in [1.29, 1.82) is 0 Å². The van der Waals surface area contributed by atoms with Crippen LogP contribution in [0.2, 0.25) is 0 Å². The minimum Gasteiger partial charge on any atom is -0.261 e. The van der Waals surface area contributed by atoms with Crippen molar-refractivity contribution >= 4 is 17.1 Å². The minimum atomic E-state index is 0.992. The number of aromatic nitrogens is 1. The van der Waals surface area contributed by atoms with Crippen molar-refractivity contribution in [2.24, 2.45) is 0 Å². The molecule has 0 unspecified atom stereocenters. The van der Waals surface area contributed by atoms with E-state index in [1.165, 1.54) is 11.3 Å². The first-order valence-corrected chi connectivity index (χ1v) is 6.75. The first-order valence-electron chi connectivity index (χ1n) is 6.34. The Morgan fingerprint density at radius 2 is 1.72 bits per heavy atom. The Kier molecular flexibility index (Phi) is 5.03. The predicted octanol–water partition coefficient (Wildman–Crippen LogP) is 4.21. The van der Waals surface area contributed by atoms with Crippen LogP contribution in [0.3, 0.4) is 0 Å². The van der Waals surface area contributed by atoms with Crippen LogP contribution in [-0.2, 0) is 6.42 Å². The van der Waals surface area contributed by atoms with E-state index in [1.54, 1.807) is 0 Å². The Morgan fingerprint density at radius 3 is 2.44 bits per heavy atom. The first-order chi connectivity index (χ1) is 8.86. The van der Waals surface area contributed by atoms with Crippen LogP contribution >= 0.6 is 12.2 Å². The maximum atomic E-state index is 5.43. The summed E-state index contributed by atoms with van der Waals surface area (Å²) in [5, 5.41) is 0. The standard InChI is InChI=1S/C16H17NS/c18-16(14-8-2-1-3-9-14)12-5-4-10-15-11-6-7-13-17-15/h1-3,6-9,11,13H,4-5,10,12H2. The van der Waals surface area contributed by atoms with E-state index in [-0.39, 0.29) is 0 Å². The van der Waals surface area contributed by atoms with Crippen molar-refractivity contribution in [3.8, 4) is 0 Å². The van der Waals surface area contributed by atoms with Crippen LogP contribution in [-0.4, -0.2) is 9.85 Å². The van der Waals surface area contributed by atoms with E-state index in [0.717, 1.165) is 30.5 Å². The average Bonchev–Trinajstić information content (AvgIpc) is 2.45. The Hall–Kier alpha value is -1.54. The highest BCUT2D eigenvalue weighted by molar-refractivity contribution is 7.80. The second-order valence-electron chi connectivity index (χ2n) is 4.32. The fourth-order valence-electron chi connectivity index (χ4n) is 1.91. The molecular formula is C16H17NS. The molecule has 1 aromatic carbocycles. The van der Waals surface area contributed by atoms with E-state index in [9.17, 15) is 0 Å². The van der Waals surface area contributed by atoms with Crippen molar-refractivity contribution in [3.63, 3.8) is 0 Å². The van der Waals surface area contributed by atoms with Gasteiger partial charge in [0.15, 0.2) is 0 Å². The van der Waals surface area contributed by atoms with Crippen LogP contribution in [0.4, 0.5) is 0 Å². The van der Waals surface area contributed by atoms with E-state index in [2.05, 4.69) is 23.2 Å². The van der Waals surface area contributed by atoms with Crippen molar-refractivity contribution in [3.05, 3.63) is 66.0 Å². The Bertz CT molecular complexity index is 479. The van der Waals surface area contributed by atoms with Gasteiger partial charge in [0.1, 0.15) is 0 Å². The lowest BCUT2D eigenvalue weighted by Gasteiger charge is -2.04. The minimum absolute atomic E-state index is 0.992. The van der Waals surface area contributed by atoms with Crippen molar-refractivity contribution in [2.45, 2.75) is 25.7 Å². The van der Waals surface area contributed by atoms with Gasteiger partial charge >= 0.3 is 0 Å². The fraction of sp³-hybridized carbons (Fsp3) is 0.250. The summed E-state index contributed by atoms with van der Waals surface area (Å²) in [6.45, 7) is 0. The van der Waals surface area contributed by atoms with Gasteiger partial charge < -0.3 is 0 Å². The maximum absolute atomic E-state index is 5.43. The molecule has 2 rings (SSSR count). The summed E-state index contributed by atoms with van der Waals surface area (Å²) >= 11 is 5.43. The van der Waals surface area contributed by atoms with Crippen LogP contribution in [0.1, 0.15) is 30.5 Å². The monoisotopic (exact) mass is 255 g/mol. The van der Waals surface area contributed by atoms with E-state index in [4.69, 9.17) is 12.2 Å². The van der Waals surface area contributed by atoms with Gasteiger partial charge in [-0.3, -0.25) is 4.98 Å². The molecule has 0 fully saturated rings. The Morgan fingerprint density at radius 1 is 0.944 bits per heavy atom. The molecule has 0 N–H and O–H groups in total. The van der Waals surface area contributed by atoms with Crippen LogP contribution in [0.5, 0.6) is 0 Å². The molecule has 0 spiro atoms.